The second kappa shape index (κ2) is 10.1. The fourth-order valence-corrected chi connectivity index (χ4v) is 6.41. The van der Waals surface area contributed by atoms with Crippen LogP contribution in [0.25, 0.3) is 0 Å². The molecule has 2 unspecified atom stereocenters. The van der Waals surface area contributed by atoms with E-state index in [9.17, 15) is 4.79 Å². The third-order valence-corrected chi connectivity index (χ3v) is 8.44. The van der Waals surface area contributed by atoms with Gasteiger partial charge < -0.3 is 4.90 Å². The summed E-state index contributed by atoms with van der Waals surface area (Å²) < 4.78 is 1.84. The Morgan fingerprint density at radius 2 is 1.71 bits per heavy atom. The largest absolute Gasteiger partial charge is 0.337 e. The van der Waals surface area contributed by atoms with Crippen molar-refractivity contribution < 1.29 is 4.79 Å². The first kappa shape index (κ1) is 21.7. The molecule has 0 N–H and O–H groups in total. The Kier molecular flexibility index (Phi) is 7.83. The molecular formula is C21H29N3OS3. The van der Waals surface area contributed by atoms with Crippen molar-refractivity contribution in [2.45, 2.75) is 79.4 Å². The van der Waals surface area contributed by atoms with Gasteiger partial charge in [-0.1, -0.05) is 73.0 Å². The predicted octanol–water partition coefficient (Wildman–Crippen LogP) is 5.84. The third-order valence-electron chi connectivity index (χ3n) is 5.20. The molecule has 1 amide bonds. The molecule has 3 rings (SSSR count). The second-order valence-corrected chi connectivity index (χ2v) is 11.2. The summed E-state index contributed by atoms with van der Waals surface area (Å²) in [6.07, 6.45) is 3.44. The highest BCUT2D eigenvalue weighted by molar-refractivity contribution is 8.03. The lowest BCUT2D eigenvalue weighted by Gasteiger charge is -2.39. The Balaban J connectivity index is 1.48. The maximum Gasteiger partial charge on any atom is 0.233 e. The molecule has 4 nitrogen and oxygen atoms in total. The van der Waals surface area contributed by atoms with E-state index in [2.05, 4.69) is 67.1 Å². The van der Waals surface area contributed by atoms with Gasteiger partial charge in [0, 0.05) is 17.8 Å². The molecule has 1 fully saturated rings. The van der Waals surface area contributed by atoms with E-state index in [-0.39, 0.29) is 5.91 Å². The van der Waals surface area contributed by atoms with Crippen LogP contribution < -0.4 is 0 Å². The van der Waals surface area contributed by atoms with E-state index in [1.54, 1.807) is 23.1 Å². The second-order valence-electron chi connectivity index (χ2n) is 7.74. The molecule has 2 aromatic rings. The lowest BCUT2D eigenvalue weighted by molar-refractivity contribution is -0.134. The van der Waals surface area contributed by atoms with Crippen LogP contribution in [0.5, 0.6) is 0 Å². The number of hydrogen-bond donors (Lipinski definition) is 0. The fraction of sp³-hybridized carbons (Fsp3) is 0.571. The number of piperidine rings is 1. The molecule has 7 heteroatoms. The molecule has 2 heterocycles. The minimum Gasteiger partial charge on any atom is -0.337 e. The maximum absolute atomic E-state index is 12.6. The minimum atomic E-state index is 0.222. The zero-order valence-corrected chi connectivity index (χ0v) is 19.5. The number of amides is 1. The standard InChI is InChI=1S/C21H29N3OS3/c1-14(2)18-10-8-17(9-11-18)12-26-20-22-23-21(28-20)27-13-19(25)24-15(3)6-5-7-16(24)4/h8-11,14-16H,5-7,12-13H2,1-4H3. The molecule has 0 spiro atoms. The number of carbonyl (C=O) groups excluding carboxylic acids is 1. The molecule has 1 aliphatic heterocycles. The highest BCUT2D eigenvalue weighted by atomic mass is 32.2. The first-order chi connectivity index (χ1) is 13.4. The van der Waals surface area contributed by atoms with Crippen LogP contribution in [-0.2, 0) is 10.5 Å². The zero-order valence-electron chi connectivity index (χ0n) is 17.1. The Morgan fingerprint density at radius 3 is 2.32 bits per heavy atom. The summed E-state index contributed by atoms with van der Waals surface area (Å²) in [5.41, 5.74) is 2.66. The number of benzene rings is 1. The molecule has 0 bridgehead atoms. The smallest absolute Gasteiger partial charge is 0.233 e. The summed E-state index contributed by atoms with van der Waals surface area (Å²) >= 11 is 4.81. The quantitative estimate of drug-likeness (QED) is 0.512. The molecule has 1 aromatic heterocycles. The van der Waals surface area contributed by atoms with Gasteiger partial charge in [0.1, 0.15) is 0 Å². The van der Waals surface area contributed by atoms with Crippen molar-refractivity contribution >= 4 is 40.8 Å². The van der Waals surface area contributed by atoms with E-state index < -0.39 is 0 Å². The summed E-state index contributed by atoms with van der Waals surface area (Å²) in [7, 11) is 0. The predicted molar refractivity (Wildman–Crippen MR) is 120 cm³/mol. The highest BCUT2D eigenvalue weighted by Gasteiger charge is 2.28. The summed E-state index contributed by atoms with van der Waals surface area (Å²) in [5.74, 6) is 2.12. The summed E-state index contributed by atoms with van der Waals surface area (Å²) in [6.45, 7) is 8.74. The normalized spacial score (nSPS) is 20.0. The van der Waals surface area contributed by atoms with Gasteiger partial charge in [0.15, 0.2) is 8.68 Å². The number of thioether (sulfide) groups is 2. The maximum atomic E-state index is 12.6. The van der Waals surface area contributed by atoms with Crippen molar-refractivity contribution in [2.75, 3.05) is 5.75 Å². The molecule has 2 atom stereocenters. The fourth-order valence-electron chi connectivity index (χ4n) is 3.57. The van der Waals surface area contributed by atoms with Gasteiger partial charge in [-0.2, -0.15) is 0 Å². The number of hydrogen-bond acceptors (Lipinski definition) is 6. The third kappa shape index (κ3) is 5.74. The van der Waals surface area contributed by atoms with Gasteiger partial charge >= 0.3 is 0 Å². The Bertz CT molecular complexity index is 765. The van der Waals surface area contributed by atoms with Gasteiger partial charge in [-0.3, -0.25) is 4.79 Å². The van der Waals surface area contributed by atoms with E-state index in [1.165, 1.54) is 29.3 Å². The van der Waals surface area contributed by atoms with Crippen molar-refractivity contribution in [1.82, 2.24) is 15.1 Å². The van der Waals surface area contributed by atoms with E-state index in [0.717, 1.165) is 27.3 Å². The molecule has 28 heavy (non-hydrogen) atoms. The molecule has 0 radical (unpaired) electrons. The van der Waals surface area contributed by atoms with E-state index in [4.69, 9.17) is 0 Å². The van der Waals surface area contributed by atoms with Crippen LogP contribution in [0.2, 0.25) is 0 Å². The zero-order chi connectivity index (χ0) is 20.1. The number of carbonyl (C=O) groups is 1. The van der Waals surface area contributed by atoms with Crippen LogP contribution in [0, 0.1) is 0 Å². The number of rotatable bonds is 7. The van der Waals surface area contributed by atoms with Crippen LogP contribution in [0.3, 0.4) is 0 Å². The van der Waals surface area contributed by atoms with Crippen molar-refractivity contribution in [3.63, 3.8) is 0 Å². The highest BCUT2D eigenvalue weighted by Crippen LogP contribution is 2.32. The van der Waals surface area contributed by atoms with E-state index in [0.29, 0.717) is 23.8 Å². The van der Waals surface area contributed by atoms with Gasteiger partial charge in [0.25, 0.3) is 0 Å². The van der Waals surface area contributed by atoms with Gasteiger partial charge in [-0.15, -0.1) is 10.2 Å². The number of aromatic nitrogens is 2. The molecule has 1 aliphatic rings. The van der Waals surface area contributed by atoms with Crippen LogP contribution in [-0.4, -0.2) is 38.8 Å². The molecule has 0 aliphatic carbocycles. The number of nitrogens with zero attached hydrogens (tertiary/aromatic N) is 3. The molecule has 1 saturated heterocycles. The van der Waals surface area contributed by atoms with Crippen LogP contribution in [0.15, 0.2) is 32.9 Å². The first-order valence-corrected chi connectivity index (χ1v) is 12.7. The van der Waals surface area contributed by atoms with Crippen LogP contribution in [0.1, 0.15) is 64.0 Å². The van der Waals surface area contributed by atoms with Crippen molar-refractivity contribution in [3.05, 3.63) is 35.4 Å². The Labute approximate surface area is 180 Å². The topological polar surface area (TPSA) is 46.1 Å². The average Bonchev–Trinajstić information content (AvgIpc) is 3.13. The molecule has 1 aromatic carbocycles. The van der Waals surface area contributed by atoms with Crippen molar-refractivity contribution in [3.8, 4) is 0 Å². The van der Waals surface area contributed by atoms with Gasteiger partial charge in [0.05, 0.1) is 5.75 Å². The Hall–Kier alpha value is -1.05. The monoisotopic (exact) mass is 435 g/mol. The van der Waals surface area contributed by atoms with Crippen molar-refractivity contribution in [2.24, 2.45) is 0 Å². The summed E-state index contributed by atoms with van der Waals surface area (Å²) in [4.78, 5) is 14.7. The molecule has 152 valence electrons. The summed E-state index contributed by atoms with van der Waals surface area (Å²) in [5, 5.41) is 8.54. The van der Waals surface area contributed by atoms with Gasteiger partial charge in [-0.25, -0.2) is 0 Å². The first-order valence-electron chi connectivity index (χ1n) is 9.93. The molecule has 0 saturated carbocycles. The minimum absolute atomic E-state index is 0.222. The lowest BCUT2D eigenvalue weighted by atomic mass is 9.98. The lowest BCUT2D eigenvalue weighted by Crippen LogP contribution is -2.48. The van der Waals surface area contributed by atoms with Gasteiger partial charge in [0.2, 0.25) is 5.91 Å². The van der Waals surface area contributed by atoms with Crippen LogP contribution in [0.4, 0.5) is 0 Å². The summed E-state index contributed by atoms with van der Waals surface area (Å²) in [6, 6.07) is 9.49. The van der Waals surface area contributed by atoms with E-state index in [1.807, 2.05) is 0 Å². The van der Waals surface area contributed by atoms with Crippen LogP contribution >= 0.6 is 34.9 Å². The van der Waals surface area contributed by atoms with Crippen molar-refractivity contribution in [1.29, 1.82) is 0 Å². The average molecular weight is 436 g/mol. The number of likely N-dealkylation sites (tertiary alicyclic amines) is 1. The Morgan fingerprint density at radius 1 is 1.11 bits per heavy atom. The SMILES string of the molecule is CC(C)c1ccc(CSc2nnc(SCC(=O)N3C(C)CCCC3C)s2)cc1. The van der Waals surface area contributed by atoms with E-state index >= 15 is 0 Å². The van der Waals surface area contributed by atoms with Gasteiger partial charge in [-0.05, 0) is 50.2 Å². The molecular weight excluding hydrogens is 406 g/mol.